The molecular weight excluding hydrogens is 200 g/mol. The van der Waals surface area contributed by atoms with Gasteiger partial charge >= 0.3 is 0 Å². The predicted molar refractivity (Wildman–Crippen MR) is 65.4 cm³/mol. The second kappa shape index (κ2) is 8.82. The molecule has 0 amide bonds. The average Bonchev–Trinajstić information content (AvgIpc) is 2.12. The second-order valence-electron chi connectivity index (χ2n) is 3.19. The highest BCUT2D eigenvalue weighted by atomic mass is 32.2. The van der Waals surface area contributed by atoms with Crippen molar-refractivity contribution < 1.29 is 4.74 Å². The highest BCUT2D eigenvalue weighted by Gasteiger charge is 2.00. The molecule has 1 unspecified atom stereocenters. The van der Waals surface area contributed by atoms with E-state index in [9.17, 15) is 0 Å². The largest absolute Gasteiger partial charge is 0.479 e. The van der Waals surface area contributed by atoms with Crippen molar-refractivity contribution >= 4 is 28.4 Å². The molecule has 0 aliphatic rings. The Morgan fingerprint density at radius 3 is 2.69 bits per heavy atom. The third-order valence-corrected chi connectivity index (χ3v) is 3.34. The van der Waals surface area contributed by atoms with Gasteiger partial charge in [0.15, 0.2) is 0 Å². The predicted octanol–water partition coefficient (Wildman–Crippen LogP) is 3.87. The monoisotopic (exact) mass is 220 g/mol. The van der Waals surface area contributed by atoms with Gasteiger partial charge in [0.2, 0.25) is 4.38 Å². The van der Waals surface area contributed by atoms with Crippen molar-refractivity contribution in [2.24, 2.45) is 5.92 Å². The van der Waals surface area contributed by atoms with E-state index in [2.05, 4.69) is 13.8 Å². The van der Waals surface area contributed by atoms with Crippen molar-refractivity contribution in [1.29, 1.82) is 0 Å². The molecule has 0 aliphatic heterocycles. The molecule has 0 saturated heterocycles. The van der Waals surface area contributed by atoms with E-state index < -0.39 is 0 Å². The van der Waals surface area contributed by atoms with Crippen molar-refractivity contribution in [1.82, 2.24) is 0 Å². The van der Waals surface area contributed by atoms with Crippen LogP contribution in [0.3, 0.4) is 0 Å². The molecule has 0 rings (SSSR count). The molecule has 0 radical (unpaired) electrons. The summed E-state index contributed by atoms with van der Waals surface area (Å²) in [5, 5.41) is 0. The number of ether oxygens (including phenoxy) is 1. The maximum Gasteiger partial charge on any atom is 0.219 e. The summed E-state index contributed by atoms with van der Waals surface area (Å²) in [6, 6.07) is 0. The molecule has 0 spiro atoms. The van der Waals surface area contributed by atoms with Crippen molar-refractivity contribution in [2.45, 2.75) is 40.0 Å². The van der Waals surface area contributed by atoms with Crippen LogP contribution in [0.5, 0.6) is 0 Å². The molecule has 78 valence electrons. The van der Waals surface area contributed by atoms with Gasteiger partial charge in [-0.3, -0.25) is 0 Å². The van der Waals surface area contributed by atoms with Gasteiger partial charge in [-0.25, -0.2) is 0 Å². The lowest BCUT2D eigenvalue weighted by atomic mass is 10.0. The van der Waals surface area contributed by atoms with Crippen LogP contribution in [0.1, 0.15) is 40.0 Å². The second-order valence-corrected chi connectivity index (χ2v) is 4.88. The van der Waals surface area contributed by atoms with Crippen LogP contribution >= 0.6 is 24.0 Å². The summed E-state index contributed by atoms with van der Waals surface area (Å²) in [4.78, 5) is 0. The molecule has 0 fully saturated rings. The lowest BCUT2D eigenvalue weighted by molar-refractivity contribution is 0.346. The van der Waals surface area contributed by atoms with Crippen LogP contribution in [0.4, 0.5) is 0 Å². The normalized spacial score (nSPS) is 12.5. The number of thiocarbonyl (C=S) groups is 1. The van der Waals surface area contributed by atoms with Gasteiger partial charge in [0.05, 0.1) is 6.61 Å². The zero-order valence-corrected chi connectivity index (χ0v) is 10.5. The minimum atomic E-state index is 0.692. The van der Waals surface area contributed by atoms with E-state index >= 15 is 0 Å². The summed E-state index contributed by atoms with van der Waals surface area (Å²) >= 11 is 6.66. The van der Waals surface area contributed by atoms with Crippen LogP contribution in [0.2, 0.25) is 0 Å². The molecule has 0 saturated carbocycles. The van der Waals surface area contributed by atoms with E-state index in [1.807, 2.05) is 6.92 Å². The van der Waals surface area contributed by atoms with Gasteiger partial charge in [-0.2, -0.15) is 0 Å². The molecule has 0 bridgehead atoms. The molecule has 1 atom stereocenters. The summed E-state index contributed by atoms with van der Waals surface area (Å²) in [5.74, 6) is 1.95. The van der Waals surface area contributed by atoms with Gasteiger partial charge in [-0.15, -0.1) is 0 Å². The molecule has 13 heavy (non-hydrogen) atoms. The van der Waals surface area contributed by atoms with Gasteiger partial charge in [0.1, 0.15) is 0 Å². The molecule has 0 N–H and O–H groups in total. The standard InChI is InChI=1S/C10H20OS2/c1-4-9(3)7-6-8-13-10(12)11-5-2/h9H,4-8H2,1-3H3. The summed E-state index contributed by atoms with van der Waals surface area (Å²) in [6.45, 7) is 7.19. The minimum Gasteiger partial charge on any atom is -0.479 e. The Morgan fingerprint density at radius 2 is 2.15 bits per heavy atom. The maximum atomic E-state index is 5.17. The highest BCUT2D eigenvalue weighted by molar-refractivity contribution is 8.22. The topological polar surface area (TPSA) is 9.23 Å². The van der Waals surface area contributed by atoms with E-state index in [1.165, 1.54) is 19.3 Å². The van der Waals surface area contributed by atoms with Gasteiger partial charge in [-0.1, -0.05) is 32.0 Å². The molecule has 1 nitrogen and oxygen atoms in total. The van der Waals surface area contributed by atoms with Gasteiger partial charge in [0, 0.05) is 5.75 Å². The average molecular weight is 220 g/mol. The van der Waals surface area contributed by atoms with E-state index in [-0.39, 0.29) is 0 Å². The van der Waals surface area contributed by atoms with Crippen molar-refractivity contribution in [3.05, 3.63) is 0 Å². The molecule has 0 aliphatic carbocycles. The minimum absolute atomic E-state index is 0.692. The molecule has 3 heteroatoms. The van der Waals surface area contributed by atoms with E-state index in [0.29, 0.717) is 11.0 Å². The Balaban J connectivity index is 3.20. The Hall–Kier alpha value is 0.240. The third kappa shape index (κ3) is 8.57. The zero-order chi connectivity index (χ0) is 10.1. The number of rotatable bonds is 6. The number of thioether (sulfide) groups is 1. The lowest BCUT2D eigenvalue weighted by Crippen LogP contribution is -1.98. The van der Waals surface area contributed by atoms with Crippen LogP contribution in [0.15, 0.2) is 0 Å². The summed E-state index contributed by atoms with van der Waals surface area (Å²) in [5.41, 5.74) is 0. The van der Waals surface area contributed by atoms with Crippen LogP contribution in [-0.4, -0.2) is 16.7 Å². The smallest absolute Gasteiger partial charge is 0.219 e. The summed E-state index contributed by atoms with van der Waals surface area (Å²) in [7, 11) is 0. The Labute approximate surface area is 91.6 Å². The Morgan fingerprint density at radius 1 is 1.46 bits per heavy atom. The van der Waals surface area contributed by atoms with Crippen LogP contribution in [-0.2, 0) is 4.74 Å². The molecular formula is C10H20OS2. The fourth-order valence-corrected chi connectivity index (χ4v) is 2.00. The molecule has 0 aromatic carbocycles. The first-order valence-corrected chi connectivity index (χ1v) is 6.39. The number of hydrogen-bond acceptors (Lipinski definition) is 3. The van der Waals surface area contributed by atoms with Crippen LogP contribution < -0.4 is 0 Å². The van der Waals surface area contributed by atoms with Crippen LogP contribution in [0, 0.1) is 5.92 Å². The van der Waals surface area contributed by atoms with Gasteiger partial charge in [-0.05, 0) is 37.9 Å². The van der Waals surface area contributed by atoms with E-state index in [4.69, 9.17) is 17.0 Å². The summed E-state index contributed by atoms with van der Waals surface area (Å²) < 4.78 is 5.87. The van der Waals surface area contributed by atoms with Crippen molar-refractivity contribution in [3.63, 3.8) is 0 Å². The Bertz CT molecular complexity index is 137. The van der Waals surface area contributed by atoms with Gasteiger partial charge in [0.25, 0.3) is 0 Å². The maximum absolute atomic E-state index is 5.17. The Kier molecular flexibility index (Phi) is 8.98. The SMILES string of the molecule is CCOC(=S)SCCCC(C)CC. The van der Waals surface area contributed by atoms with Crippen molar-refractivity contribution in [3.8, 4) is 0 Å². The molecule has 0 aromatic heterocycles. The zero-order valence-electron chi connectivity index (χ0n) is 8.84. The third-order valence-electron chi connectivity index (χ3n) is 2.02. The first-order valence-electron chi connectivity index (χ1n) is 5.00. The van der Waals surface area contributed by atoms with Gasteiger partial charge < -0.3 is 4.74 Å². The van der Waals surface area contributed by atoms with E-state index in [0.717, 1.165) is 11.7 Å². The van der Waals surface area contributed by atoms with Crippen molar-refractivity contribution in [2.75, 3.05) is 12.4 Å². The first kappa shape index (κ1) is 13.2. The first-order chi connectivity index (χ1) is 6.20. The summed E-state index contributed by atoms with van der Waals surface area (Å²) in [6.07, 6.45) is 3.83. The fourth-order valence-electron chi connectivity index (χ4n) is 0.951. The quantitative estimate of drug-likeness (QED) is 0.497. The molecule has 0 heterocycles. The number of hydrogen-bond donors (Lipinski definition) is 0. The highest BCUT2D eigenvalue weighted by Crippen LogP contribution is 2.14. The fraction of sp³-hybridized carbons (Fsp3) is 0.900. The van der Waals surface area contributed by atoms with Crippen LogP contribution in [0.25, 0.3) is 0 Å². The molecule has 0 aromatic rings. The lowest BCUT2D eigenvalue weighted by Gasteiger charge is -2.07. The van der Waals surface area contributed by atoms with E-state index in [1.54, 1.807) is 11.8 Å².